The predicted octanol–water partition coefficient (Wildman–Crippen LogP) is 3.75. The fourth-order valence-corrected chi connectivity index (χ4v) is 4.02. The van der Waals surface area contributed by atoms with Crippen molar-refractivity contribution in [1.29, 1.82) is 5.26 Å². The number of rotatable bonds is 4. The second kappa shape index (κ2) is 7.28. The third-order valence-corrected chi connectivity index (χ3v) is 5.47. The number of hydrogen-bond acceptors (Lipinski definition) is 7. The van der Waals surface area contributed by atoms with Gasteiger partial charge in [0, 0.05) is 12.6 Å². The van der Waals surface area contributed by atoms with Crippen LogP contribution in [0.15, 0.2) is 29.9 Å². The number of thiophene rings is 1. The number of fused-ring (bicyclic) bond motifs is 1. The quantitative estimate of drug-likeness (QED) is 0.733. The standard InChI is InChI=1S/C19H19N5OS/c1-12-10-26-19-17(12)18(22-11-23-19)24-15-5-4-13(8-20)7-16(15)25-14-3-2-6-21-9-14/h4-5,7,10-11,14,21H,2-3,6,9H2,1H3,(H,22,23,24)/t14-/m0/s1. The largest absolute Gasteiger partial charge is 0.487 e. The molecule has 1 saturated heterocycles. The lowest BCUT2D eigenvalue weighted by Crippen LogP contribution is -2.37. The zero-order valence-corrected chi connectivity index (χ0v) is 15.3. The van der Waals surface area contributed by atoms with Crippen LogP contribution in [-0.2, 0) is 0 Å². The van der Waals surface area contributed by atoms with Crippen molar-refractivity contribution >= 4 is 33.1 Å². The van der Waals surface area contributed by atoms with Crippen LogP contribution >= 0.6 is 11.3 Å². The summed E-state index contributed by atoms with van der Waals surface area (Å²) < 4.78 is 6.21. The molecular weight excluding hydrogens is 346 g/mol. The van der Waals surface area contributed by atoms with E-state index in [-0.39, 0.29) is 6.10 Å². The zero-order chi connectivity index (χ0) is 17.9. The van der Waals surface area contributed by atoms with Crippen LogP contribution in [0.1, 0.15) is 24.0 Å². The lowest BCUT2D eigenvalue weighted by molar-refractivity contribution is 0.168. The minimum atomic E-state index is 0.103. The van der Waals surface area contributed by atoms with E-state index < -0.39 is 0 Å². The second-order valence-corrected chi connectivity index (χ2v) is 7.21. The van der Waals surface area contributed by atoms with E-state index in [9.17, 15) is 5.26 Å². The van der Waals surface area contributed by atoms with Crippen LogP contribution in [0.2, 0.25) is 0 Å². The van der Waals surface area contributed by atoms with E-state index in [1.54, 1.807) is 29.8 Å². The highest BCUT2D eigenvalue weighted by Gasteiger charge is 2.18. The van der Waals surface area contributed by atoms with Gasteiger partial charge in [0.05, 0.1) is 22.7 Å². The number of piperidine rings is 1. The number of anilines is 2. The van der Waals surface area contributed by atoms with Gasteiger partial charge in [0.15, 0.2) is 0 Å². The van der Waals surface area contributed by atoms with Crippen molar-refractivity contribution in [1.82, 2.24) is 15.3 Å². The fourth-order valence-electron chi connectivity index (χ4n) is 3.13. The van der Waals surface area contributed by atoms with Crippen molar-refractivity contribution in [3.63, 3.8) is 0 Å². The number of nitrogens with zero attached hydrogens (tertiary/aromatic N) is 3. The first-order valence-electron chi connectivity index (χ1n) is 8.62. The summed E-state index contributed by atoms with van der Waals surface area (Å²) in [5, 5.41) is 19.1. The lowest BCUT2D eigenvalue weighted by atomic mass is 10.1. The number of aryl methyl sites for hydroxylation is 1. The summed E-state index contributed by atoms with van der Waals surface area (Å²) in [6, 6.07) is 7.63. The summed E-state index contributed by atoms with van der Waals surface area (Å²) in [6.45, 7) is 3.90. The molecule has 2 aromatic heterocycles. The van der Waals surface area contributed by atoms with Gasteiger partial charge in [-0.15, -0.1) is 11.3 Å². The molecule has 1 aromatic carbocycles. The predicted molar refractivity (Wildman–Crippen MR) is 103 cm³/mol. The minimum absolute atomic E-state index is 0.103. The molecular formula is C19H19N5OS. The van der Waals surface area contributed by atoms with Gasteiger partial charge >= 0.3 is 0 Å². The Kier molecular flexibility index (Phi) is 4.69. The molecule has 26 heavy (non-hydrogen) atoms. The Balaban J connectivity index is 1.68. The third kappa shape index (κ3) is 3.34. The van der Waals surface area contributed by atoms with E-state index in [2.05, 4.69) is 39.0 Å². The van der Waals surface area contributed by atoms with Gasteiger partial charge in [-0.1, -0.05) is 0 Å². The zero-order valence-electron chi connectivity index (χ0n) is 14.5. The van der Waals surface area contributed by atoms with Crippen molar-refractivity contribution in [2.75, 3.05) is 18.4 Å². The summed E-state index contributed by atoms with van der Waals surface area (Å²) in [4.78, 5) is 9.70. The molecule has 0 aliphatic carbocycles. The van der Waals surface area contributed by atoms with Gasteiger partial charge < -0.3 is 15.4 Å². The highest BCUT2D eigenvalue weighted by atomic mass is 32.1. The molecule has 0 saturated carbocycles. The number of hydrogen-bond donors (Lipinski definition) is 2. The number of benzene rings is 1. The molecule has 132 valence electrons. The van der Waals surface area contributed by atoms with E-state index in [0.717, 1.165) is 53.2 Å². The molecule has 3 aromatic rings. The van der Waals surface area contributed by atoms with E-state index in [0.29, 0.717) is 11.3 Å². The van der Waals surface area contributed by atoms with E-state index >= 15 is 0 Å². The second-order valence-electron chi connectivity index (χ2n) is 6.36. The molecule has 2 N–H and O–H groups in total. The summed E-state index contributed by atoms with van der Waals surface area (Å²) in [5.74, 6) is 1.43. The SMILES string of the molecule is Cc1csc2ncnc(Nc3ccc(C#N)cc3O[C@H]3CCCNC3)c12. The number of nitriles is 1. The molecule has 4 rings (SSSR count). The maximum Gasteiger partial charge on any atom is 0.144 e. The monoisotopic (exact) mass is 365 g/mol. The van der Waals surface area contributed by atoms with Crippen molar-refractivity contribution in [2.45, 2.75) is 25.9 Å². The van der Waals surface area contributed by atoms with Crippen LogP contribution in [0.5, 0.6) is 5.75 Å². The normalized spacial score (nSPS) is 17.0. The molecule has 0 amide bonds. The maximum atomic E-state index is 9.24. The third-order valence-electron chi connectivity index (χ3n) is 4.46. The first-order chi connectivity index (χ1) is 12.7. The first-order valence-corrected chi connectivity index (χ1v) is 9.50. The van der Waals surface area contributed by atoms with Gasteiger partial charge in [-0.3, -0.25) is 0 Å². The highest BCUT2D eigenvalue weighted by Crippen LogP contribution is 2.34. The van der Waals surface area contributed by atoms with Crippen molar-refractivity contribution in [2.24, 2.45) is 0 Å². The topological polar surface area (TPSA) is 82.9 Å². The van der Waals surface area contributed by atoms with Crippen LogP contribution in [0.4, 0.5) is 11.5 Å². The average molecular weight is 365 g/mol. The summed E-state index contributed by atoms with van der Waals surface area (Å²) in [5.41, 5.74) is 2.52. The van der Waals surface area contributed by atoms with Crippen molar-refractivity contribution in [3.05, 3.63) is 41.0 Å². The molecule has 1 atom stereocenters. The molecule has 1 aliphatic heterocycles. The molecule has 0 unspecified atom stereocenters. The van der Waals surface area contributed by atoms with Gasteiger partial charge in [-0.25, -0.2) is 9.97 Å². The molecule has 7 heteroatoms. The smallest absolute Gasteiger partial charge is 0.144 e. The van der Waals surface area contributed by atoms with E-state index in [1.165, 1.54) is 0 Å². The Morgan fingerprint density at radius 1 is 1.38 bits per heavy atom. The highest BCUT2D eigenvalue weighted by molar-refractivity contribution is 7.17. The van der Waals surface area contributed by atoms with Crippen LogP contribution in [0, 0.1) is 18.3 Å². The van der Waals surface area contributed by atoms with Crippen molar-refractivity contribution in [3.8, 4) is 11.8 Å². The molecule has 1 fully saturated rings. The van der Waals surface area contributed by atoms with E-state index in [1.807, 2.05) is 6.07 Å². The van der Waals surface area contributed by atoms with Gasteiger partial charge in [0.25, 0.3) is 0 Å². The van der Waals surface area contributed by atoms with Gasteiger partial charge in [-0.05, 0) is 49.4 Å². The molecule has 0 spiro atoms. The first kappa shape index (κ1) is 16.8. The minimum Gasteiger partial charge on any atom is -0.487 e. The summed E-state index contributed by atoms with van der Waals surface area (Å²) in [6.07, 6.45) is 3.76. The van der Waals surface area contributed by atoms with Crippen molar-refractivity contribution < 1.29 is 4.74 Å². The number of nitrogens with one attached hydrogen (secondary N) is 2. The molecule has 3 heterocycles. The summed E-state index contributed by atoms with van der Waals surface area (Å²) in [7, 11) is 0. The Morgan fingerprint density at radius 3 is 3.12 bits per heavy atom. The van der Waals surface area contributed by atoms with Crippen LogP contribution in [-0.4, -0.2) is 29.2 Å². The van der Waals surface area contributed by atoms with Gasteiger partial charge in [-0.2, -0.15) is 5.26 Å². The molecule has 1 aliphatic rings. The van der Waals surface area contributed by atoms with Crippen LogP contribution < -0.4 is 15.4 Å². The molecule has 0 bridgehead atoms. The molecule has 6 nitrogen and oxygen atoms in total. The number of aromatic nitrogens is 2. The van der Waals surface area contributed by atoms with E-state index in [4.69, 9.17) is 4.74 Å². The van der Waals surface area contributed by atoms with Gasteiger partial charge in [0.1, 0.15) is 28.8 Å². The lowest BCUT2D eigenvalue weighted by Gasteiger charge is -2.25. The van der Waals surface area contributed by atoms with Crippen LogP contribution in [0.3, 0.4) is 0 Å². The van der Waals surface area contributed by atoms with Crippen LogP contribution in [0.25, 0.3) is 10.2 Å². The average Bonchev–Trinajstić information content (AvgIpc) is 3.06. The Morgan fingerprint density at radius 2 is 2.31 bits per heavy atom. The fraction of sp³-hybridized carbons (Fsp3) is 0.316. The number of ether oxygens (including phenoxy) is 1. The Labute approximate surface area is 155 Å². The Hall–Kier alpha value is -2.69. The maximum absolute atomic E-state index is 9.24. The summed E-state index contributed by atoms with van der Waals surface area (Å²) >= 11 is 1.60. The van der Waals surface area contributed by atoms with Gasteiger partial charge in [0.2, 0.25) is 0 Å². The molecule has 0 radical (unpaired) electrons. The Bertz CT molecular complexity index is 972.